The van der Waals surface area contributed by atoms with Gasteiger partial charge in [0.2, 0.25) is 15.3 Å². The molecule has 1 aromatic heterocycles. The van der Waals surface area contributed by atoms with Gasteiger partial charge in [0.1, 0.15) is 5.75 Å². The topological polar surface area (TPSA) is 123 Å². The van der Waals surface area contributed by atoms with Gasteiger partial charge < -0.3 is 10.5 Å². The monoisotopic (exact) mass is 368 g/mol. The minimum absolute atomic E-state index is 0.0448. The number of ether oxygens (including phenoxy) is 1. The number of nitrogens with two attached hydrogens (primary N) is 1. The summed E-state index contributed by atoms with van der Waals surface area (Å²) >= 11 is 0. The van der Waals surface area contributed by atoms with Gasteiger partial charge in [-0.1, -0.05) is 18.2 Å². The van der Waals surface area contributed by atoms with Gasteiger partial charge in [0, 0.05) is 13.1 Å². The Morgan fingerprint density at radius 1 is 1.24 bits per heavy atom. The average molecular weight is 368 g/mol. The number of hydrogen-bond acceptors (Lipinski definition) is 8. The number of nitrogens with zero attached hydrogens (tertiary/aromatic N) is 4. The molecule has 0 amide bonds. The molecule has 0 atom stereocenters. The summed E-state index contributed by atoms with van der Waals surface area (Å²) in [6, 6.07) is 8.54. The van der Waals surface area contributed by atoms with Crippen molar-refractivity contribution in [3.05, 3.63) is 36.0 Å². The van der Waals surface area contributed by atoms with Gasteiger partial charge in [-0.2, -0.15) is 4.31 Å². The van der Waals surface area contributed by atoms with Crippen LogP contribution < -0.4 is 20.3 Å². The lowest BCUT2D eigenvalue weighted by Gasteiger charge is -2.28. The third-order valence-corrected chi connectivity index (χ3v) is 5.05. The van der Waals surface area contributed by atoms with Crippen molar-refractivity contribution in [2.75, 3.05) is 43.2 Å². The number of rotatable bonds is 4. The Labute approximate surface area is 144 Å². The van der Waals surface area contributed by atoms with Crippen LogP contribution in [0.2, 0.25) is 0 Å². The fraction of sp³-hybridized carbons (Fsp3) is 0.357. The van der Waals surface area contributed by atoms with Crippen LogP contribution in [0.4, 0.5) is 5.88 Å². The minimum atomic E-state index is -3.26. The normalized spacial score (nSPS) is 16.0. The molecule has 0 unspecified atom stereocenters. The molecule has 1 aromatic carbocycles. The van der Waals surface area contributed by atoms with E-state index in [-0.39, 0.29) is 24.7 Å². The number of esters is 1. The number of sulfonamides is 1. The highest BCUT2D eigenvalue weighted by Gasteiger charge is 2.39. The van der Waals surface area contributed by atoms with E-state index in [1.807, 2.05) is 0 Å². The van der Waals surface area contributed by atoms with E-state index in [1.54, 1.807) is 35.3 Å². The lowest BCUT2D eigenvalue weighted by Crippen LogP contribution is -2.68. The molecule has 1 fully saturated rings. The van der Waals surface area contributed by atoms with Crippen molar-refractivity contribution in [3.63, 3.8) is 0 Å². The van der Waals surface area contributed by atoms with Crippen LogP contribution in [-0.2, 0) is 10.0 Å². The van der Waals surface area contributed by atoms with Gasteiger partial charge >= 0.3 is 17.5 Å². The van der Waals surface area contributed by atoms with Crippen molar-refractivity contribution in [1.29, 1.82) is 0 Å². The van der Waals surface area contributed by atoms with E-state index in [2.05, 4.69) is 5.27 Å². The Hall–Kier alpha value is -2.66. The van der Waals surface area contributed by atoms with Crippen molar-refractivity contribution < 1.29 is 27.3 Å². The lowest BCUT2D eigenvalue weighted by atomic mass is 10.3. The number of carbonyl (C=O) groups excluding carboxylic acids is 1. The van der Waals surface area contributed by atoms with Gasteiger partial charge in [-0.05, 0) is 12.1 Å². The van der Waals surface area contributed by atoms with Crippen molar-refractivity contribution in [3.8, 4) is 5.75 Å². The summed E-state index contributed by atoms with van der Waals surface area (Å²) in [7, 11) is -3.26. The highest BCUT2D eigenvalue weighted by Crippen LogP contribution is 2.14. The molecular formula is C14H18N5O5S+. The standard InChI is InChI=1S/C14H17N5O5S/c1-25(21,22)18-9-7-17(8-10-18)19-12(13(15)24-16-19)14(20)23-11-5-3-2-4-6-11/h2-6H,7-10H2,1H3,(H-,15,16,20)/p+1. The summed E-state index contributed by atoms with van der Waals surface area (Å²) < 4.78 is 34.7. The average Bonchev–Trinajstić information content (AvgIpc) is 2.97. The van der Waals surface area contributed by atoms with Crippen molar-refractivity contribution >= 4 is 21.9 Å². The third-order valence-electron chi connectivity index (χ3n) is 3.75. The van der Waals surface area contributed by atoms with Gasteiger partial charge in [0.15, 0.2) is 0 Å². The fourth-order valence-electron chi connectivity index (χ4n) is 2.48. The number of benzene rings is 1. The third kappa shape index (κ3) is 3.72. The zero-order valence-corrected chi connectivity index (χ0v) is 14.3. The minimum Gasteiger partial charge on any atom is -0.418 e. The fourth-order valence-corrected chi connectivity index (χ4v) is 3.31. The predicted molar refractivity (Wildman–Crippen MR) is 86.9 cm³/mol. The Morgan fingerprint density at radius 3 is 2.48 bits per heavy atom. The largest absolute Gasteiger partial charge is 0.421 e. The second-order valence-corrected chi connectivity index (χ2v) is 7.48. The van der Waals surface area contributed by atoms with Crippen LogP contribution >= 0.6 is 0 Å². The van der Waals surface area contributed by atoms with E-state index in [1.165, 1.54) is 9.10 Å². The number of carbonyl (C=O) groups is 1. The van der Waals surface area contributed by atoms with E-state index in [4.69, 9.17) is 15.0 Å². The molecule has 0 bridgehead atoms. The zero-order valence-electron chi connectivity index (χ0n) is 13.5. The molecule has 134 valence electrons. The molecule has 0 aliphatic carbocycles. The number of para-hydroxylation sites is 1. The molecule has 1 aliphatic rings. The van der Waals surface area contributed by atoms with Crippen LogP contribution in [0.5, 0.6) is 5.75 Å². The summed E-state index contributed by atoms with van der Waals surface area (Å²) in [4.78, 5) is 13.6. The Bertz CT molecular complexity index is 859. The summed E-state index contributed by atoms with van der Waals surface area (Å²) in [5.74, 6) is -0.525. The van der Waals surface area contributed by atoms with Crippen molar-refractivity contribution in [1.82, 2.24) is 9.58 Å². The number of aromatic nitrogens is 2. The molecule has 25 heavy (non-hydrogen) atoms. The molecule has 0 spiro atoms. The zero-order chi connectivity index (χ0) is 18.0. The smallest absolute Gasteiger partial charge is 0.418 e. The molecule has 0 radical (unpaired) electrons. The van der Waals surface area contributed by atoms with Gasteiger partial charge in [-0.3, -0.25) is 4.52 Å². The maximum absolute atomic E-state index is 12.4. The van der Waals surface area contributed by atoms with Crippen LogP contribution in [0.15, 0.2) is 34.9 Å². The van der Waals surface area contributed by atoms with Crippen LogP contribution in [0.25, 0.3) is 0 Å². The van der Waals surface area contributed by atoms with E-state index in [0.717, 1.165) is 6.26 Å². The molecule has 2 N–H and O–H groups in total. The first-order valence-electron chi connectivity index (χ1n) is 7.51. The quantitative estimate of drug-likeness (QED) is 0.413. The first-order valence-corrected chi connectivity index (χ1v) is 9.36. The molecule has 0 saturated carbocycles. The Morgan fingerprint density at radius 2 is 1.88 bits per heavy atom. The van der Waals surface area contributed by atoms with Crippen molar-refractivity contribution in [2.24, 2.45) is 0 Å². The highest BCUT2D eigenvalue weighted by molar-refractivity contribution is 7.88. The molecule has 1 saturated heterocycles. The predicted octanol–water partition coefficient (Wildman–Crippen LogP) is -1.02. The number of nitrogen functional groups attached to an aromatic ring is 1. The second-order valence-electron chi connectivity index (χ2n) is 5.49. The Balaban J connectivity index is 1.77. The molecule has 10 nitrogen and oxygen atoms in total. The van der Waals surface area contributed by atoms with E-state index >= 15 is 0 Å². The summed E-state index contributed by atoms with van der Waals surface area (Å²) in [6.45, 7) is 1.20. The van der Waals surface area contributed by atoms with Gasteiger partial charge in [0.25, 0.3) is 0 Å². The molecule has 1 aliphatic heterocycles. The number of piperazine rings is 1. The van der Waals surface area contributed by atoms with E-state index in [9.17, 15) is 13.2 Å². The number of anilines is 1. The lowest BCUT2D eigenvalue weighted by molar-refractivity contribution is -0.760. The van der Waals surface area contributed by atoms with Gasteiger partial charge in [0.05, 0.1) is 24.1 Å². The van der Waals surface area contributed by atoms with Gasteiger partial charge in [-0.15, -0.1) is 5.01 Å². The van der Waals surface area contributed by atoms with Crippen LogP contribution in [0.3, 0.4) is 0 Å². The second kappa shape index (κ2) is 6.69. The maximum atomic E-state index is 12.4. The molecule has 2 heterocycles. The van der Waals surface area contributed by atoms with Crippen LogP contribution in [0.1, 0.15) is 10.5 Å². The SMILES string of the molecule is CS(=O)(=O)N1CCN([n+]2noc(N)c2C(=O)Oc2ccccc2)CC1. The highest BCUT2D eigenvalue weighted by atomic mass is 32.2. The summed E-state index contributed by atoms with van der Waals surface area (Å²) in [5, 5.41) is 5.43. The van der Waals surface area contributed by atoms with Gasteiger partial charge in [-0.25, -0.2) is 13.2 Å². The number of hydrogen-bond donors (Lipinski definition) is 1. The first kappa shape index (κ1) is 17.2. The first-order chi connectivity index (χ1) is 11.9. The van der Waals surface area contributed by atoms with Crippen LogP contribution in [0, 0.1) is 0 Å². The van der Waals surface area contributed by atoms with Crippen molar-refractivity contribution in [2.45, 2.75) is 0 Å². The van der Waals surface area contributed by atoms with E-state index < -0.39 is 16.0 Å². The molecule has 11 heteroatoms. The van der Waals surface area contributed by atoms with E-state index in [0.29, 0.717) is 18.8 Å². The summed E-state index contributed by atoms with van der Waals surface area (Å²) in [5.41, 5.74) is 5.67. The molecular weight excluding hydrogens is 350 g/mol. The molecule has 3 rings (SSSR count). The van der Waals surface area contributed by atoms with Crippen LogP contribution in [-0.4, -0.2) is 56.4 Å². The maximum Gasteiger partial charge on any atom is 0.421 e. The summed E-state index contributed by atoms with van der Waals surface area (Å²) in [6.07, 6.45) is 1.16. The Kier molecular flexibility index (Phi) is 4.59. The molecule has 2 aromatic rings.